The number of fused-ring (bicyclic) bond motifs is 1. The molecule has 3 aromatic heterocycles. The summed E-state index contributed by atoms with van der Waals surface area (Å²) in [4.78, 5) is 22.4. The van der Waals surface area contributed by atoms with Gasteiger partial charge in [-0.05, 0) is 37.6 Å². The Balaban J connectivity index is 0.000000343. The summed E-state index contributed by atoms with van der Waals surface area (Å²) in [7, 11) is 3.56. The minimum Gasteiger partial charge on any atom is -0.348 e. The van der Waals surface area contributed by atoms with Gasteiger partial charge in [0.2, 0.25) is 5.91 Å². The first kappa shape index (κ1) is 20.3. The van der Waals surface area contributed by atoms with Gasteiger partial charge in [0.05, 0.1) is 17.8 Å². The molecule has 0 aliphatic heterocycles. The average molecular weight is 386 g/mol. The number of carbonyl (C=O) groups excluding carboxylic acids is 1. The molecular weight excluding hydrogens is 360 g/mol. The van der Waals surface area contributed by atoms with Gasteiger partial charge in [0.25, 0.3) is 0 Å². The lowest BCUT2D eigenvalue weighted by atomic mass is 10.1. The van der Waals surface area contributed by atoms with Crippen LogP contribution >= 0.6 is 0 Å². The SMILES string of the molecule is Cc1ccc(-c2nc3ccc(C)cn3c2CC(=O)N(C)C)cc1.c1ccncc1. The van der Waals surface area contributed by atoms with Gasteiger partial charge in [-0.3, -0.25) is 9.78 Å². The van der Waals surface area contributed by atoms with Crippen LogP contribution in [0.4, 0.5) is 0 Å². The molecule has 0 atom stereocenters. The normalized spacial score (nSPS) is 10.3. The van der Waals surface area contributed by atoms with E-state index in [4.69, 9.17) is 4.98 Å². The Labute approximate surface area is 171 Å². The molecule has 4 rings (SSSR count). The van der Waals surface area contributed by atoms with Crippen molar-refractivity contribution in [1.82, 2.24) is 19.3 Å². The van der Waals surface area contributed by atoms with Crippen molar-refractivity contribution in [2.45, 2.75) is 20.3 Å². The zero-order chi connectivity index (χ0) is 20.8. The molecule has 0 saturated heterocycles. The third-order valence-electron chi connectivity index (χ3n) is 4.57. The molecule has 5 nitrogen and oxygen atoms in total. The standard InChI is InChI=1S/C19H21N3O.C5H5N/c1-13-5-8-15(9-6-13)19-16(11-18(23)21(3)4)22-12-14(2)7-10-17(22)20-19;1-2-4-6-5-3-1/h5-10,12H,11H2,1-4H3;1-5H. The highest BCUT2D eigenvalue weighted by atomic mass is 16.2. The third kappa shape index (κ3) is 5.08. The minimum absolute atomic E-state index is 0.0710. The Hall–Kier alpha value is -3.47. The summed E-state index contributed by atoms with van der Waals surface area (Å²) in [5.74, 6) is 0.0710. The van der Waals surface area contributed by atoms with E-state index in [-0.39, 0.29) is 5.91 Å². The van der Waals surface area contributed by atoms with Crippen LogP contribution in [0.5, 0.6) is 0 Å². The highest BCUT2D eigenvalue weighted by molar-refractivity contribution is 5.81. The van der Waals surface area contributed by atoms with Gasteiger partial charge in [0.15, 0.2) is 0 Å². The summed E-state index contributed by atoms with van der Waals surface area (Å²) in [6.07, 6.45) is 5.87. The van der Waals surface area contributed by atoms with Gasteiger partial charge in [0.1, 0.15) is 5.65 Å². The van der Waals surface area contributed by atoms with E-state index >= 15 is 0 Å². The molecule has 4 aromatic rings. The van der Waals surface area contributed by atoms with Crippen LogP contribution in [0.3, 0.4) is 0 Å². The van der Waals surface area contributed by atoms with E-state index in [0.29, 0.717) is 6.42 Å². The van der Waals surface area contributed by atoms with Gasteiger partial charge in [-0.25, -0.2) is 4.98 Å². The maximum atomic E-state index is 12.3. The Morgan fingerprint density at radius 3 is 2.14 bits per heavy atom. The fourth-order valence-electron chi connectivity index (χ4n) is 2.93. The average Bonchev–Trinajstić information content (AvgIpc) is 3.08. The molecule has 0 bridgehead atoms. The monoisotopic (exact) mass is 386 g/mol. The summed E-state index contributed by atoms with van der Waals surface area (Å²) in [5, 5.41) is 0. The number of pyridine rings is 2. The summed E-state index contributed by atoms with van der Waals surface area (Å²) in [6.45, 7) is 4.11. The number of rotatable bonds is 3. The highest BCUT2D eigenvalue weighted by Gasteiger charge is 2.18. The van der Waals surface area contributed by atoms with E-state index in [1.165, 1.54) is 5.56 Å². The van der Waals surface area contributed by atoms with Crippen molar-refractivity contribution in [3.05, 3.63) is 90.0 Å². The largest absolute Gasteiger partial charge is 0.348 e. The van der Waals surface area contributed by atoms with Crippen molar-refractivity contribution < 1.29 is 4.79 Å². The van der Waals surface area contributed by atoms with Crippen molar-refractivity contribution in [2.75, 3.05) is 14.1 Å². The van der Waals surface area contributed by atoms with Crippen LogP contribution in [0, 0.1) is 13.8 Å². The summed E-state index contributed by atoms with van der Waals surface area (Å²) in [5.41, 5.74) is 6.08. The second kappa shape index (κ2) is 9.15. The number of likely N-dealkylation sites (N-methyl/N-ethyl adjacent to an activating group) is 1. The highest BCUT2D eigenvalue weighted by Crippen LogP contribution is 2.26. The quantitative estimate of drug-likeness (QED) is 0.527. The Bertz CT molecular complexity index is 1060. The van der Waals surface area contributed by atoms with E-state index in [0.717, 1.165) is 28.2 Å². The number of hydrogen-bond acceptors (Lipinski definition) is 3. The fraction of sp³-hybridized carbons (Fsp3) is 0.208. The maximum Gasteiger partial charge on any atom is 0.228 e. The predicted molar refractivity (Wildman–Crippen MR) is 117 cm³/mol. The first-order valence-electron chi connectivity index (χ1n) is 9.55. The number of nitrogens with zero attached hydrogens (tertiary/aromatic N) is 4. The maximum absolute atomic E-state index is 12.3. The molecular formula is C24H26N4O. The summed E-state index contributed by atoms with van der Waals surface area (Å²) >= 11 is 0. The number of amides is 1. The third-order valence-corrected chi connectivity index (χ3v) is 4.57. The van der Waals surface area contributed by atoms with Crippen LogP contribution in [0.2, 0.25) is 0 Å². The van der Waals surface area contributed by atoms with Gasteiger partial charge in [0, 0.05) is 38.2 Å². The van der Waals surface area contributed by atoms with Crippen molar-refractivity contribution in [3.63, 3.8) is 0 Å². The fourth-order valence-corrected chi connectivity index (χ4v) is 2.93. The first-order valence-corrected chi connectivity index (χ1v) is 9.55. The number of carbonyl (C=O) groups is 1. The lowest BCUT2D eigenvalue weighted by Crippen LogP contribution is -2.24. The van der Waals surface area contributed by atoms with Gasteiger partial charge < -0.3 is 9.30 Å². The van der Waals surface area contributed by atoms with E-state index in [1.54, 1.807) is 31.4 Å². The topological polar surface area (TPSA) is 50.5 Å². The number of hydrogen-bond donors (Lipinski definition) is 0. The van der Waals surface area contributed by atoms with Crippen molar-refractivity contribution in [2.24, 2.45) is 0 Å². The van der Waals surface area contributed by atoms with Crippen molar-refractivity contribution in [3.8, 4) is 11.3 Å². The molecule has 3 heterocycles. The lowest BCUT2D eigenvalue weighted by Gasteiger charge is -2.11. The van der Waals surface area contributed by atoms with Crippen LogP contribution < -0.4 is 0 Å². The zero-order valence-corrected chi connectivity index (χ0v) is 17.3. The van der Waals surface area contributed by atoms with Gasteiger partial charge in [-0.15, -0.1) is 0 Å². The molecule has 0 unspecified atom stereocenters. The van der Waals surface area contributed by atoms with Crippen molar-refractivity contribution in [1.29, 1.82) is 0 Å². The number of aryl methyl sites for hydroxylation is 2. The second-order valence-corrected chi connectivity index (χ2v) is 7.20. The molecule has 29 heavy (non-hydrogen) atoms. The van der Waals surface area contributed by atoms with Crippen LogP contribution in [0.25, 0.3) is 16.9 Å². The summed E-state index contributed by atoms with van der Waals surface area (Å²) in [6, 6.07) is 18.0. The molecule has 0 N–H and O–H groups in total. The van der Waals surface area contributed by atoms with Gasteiger partial charge >= 0.3 is 0 Å². The molecule has 0 spiro atoms. The van der Waals surface area contributed by atoms with Crippen LogP contribution in [-0.4, -0.2) is 39.3 Å². The Morgan fingerprint density at radius 2 is 1.59 bits per heavy atom. The Morgan fingerprint density at radius 1 is 0.931 bits per heavy atom. The molecule has 0 saturated carbocycles. The molecule has 1 amide bonds. The van der Waals surface area contributed by atoms with E-state index in [2.05, 4.69) is 36.2 Å². The number of aromatic nitrogens is 3. The van der Waals surface area contributed by atoms with E-state index in [1.807, 2.05) is 47.9 Å². The lowest BCUT2D eigenvalue weighted by molar-refractivity contribution is -0.128. The molecule has 0 radical (unpaired) electrons. The van der Waals surface area contributed by atoms with Gasteiger partial charge in [-0.2, -0.15) is 0 Å². The first-order chi connectivity index (χ1) is 14.0. The van der Waals surface area contributed by atoms with Crippen LogP contribution in [0.15, 0.2) is 73.2 Å². The van der Waals surface area contributed by atoms with E-state index in [9.17, 15) is 4.79 Å². The molecule has 5 heteroatoms. The minimum atomic E-state index is 0.0710. The number of imidazole rings is 1. The zero-order valence-electron chi connectivity index (χ0n) is 17.3. The smallest absolute Gasteiger partial charge is 0.228 e. The molecule has 0 aliphatic carbocycles. The second-order valence-electron chi connectivity index (χ2n) is 7.20. The predicted octanol–water partition coefficient (Wildman–Crippen LogP) is 4.33. The summed E-state index contributed by atoms with van der Waals surface area (Å²) < 4.78 is 2.03. The van der Waals surface area contributed by atoms with Crippen LogP contribution in [0.1, 0.15) is 16.8 Å². The molecule has 0 aliphatic rings. The number of benzene rings is 1. The van der Waals surface area contributed by atoms with Crippen molar-refractivity contribution >= 4 is 11.6 Å². The molecule has 148 valence electrons. The van der Waals surface area contributed by atoms with Crippen LogP contribution in [-0.2, 0) is 11.2 Å². The van der Waals surface area contributed by atoms with E-state index < -0.39 is 0 Å². The van der Waals surface area contributed by atoms with Gasteiger partial charge in [-0.1, -0.05) is 42.0 Å². The molecule has 0 fully saturated rings. The molecule has 1 aromatic carbocycles. The Kier molecular flexibility index (Phi) is 6.39.